The first-order valence-electron chi connectivity index (χ1n) is 6.65. The van der Waals surface area contributed by atoms with Gasteiger partial charge in [0.2, 0.25) is 0 Å². The third-order valence-electron chi connectivity index (χ3n) is 4.14. The van der Waals surface area contributed by atoms with Gasteiger partial charge in [0, 0.05) is 5.54 Å². The maximum absolute atomic E-state index is 12.7. The maximum Gasteiger partial charge on any atom is 0.391 e. The molecule has 0 aliphatic heterocycles. The Labute approximate surface area is 112 Å². The van der Waals surface area contributed by atoms with Crippen LogP contribution in [0.2, 0.25) is 0 Å². The van der Waals surface area contributed by atoms with Gasteiger partial charge >= 0.3 is 6.18 Å². The SMILES string of the molecule is Cc1cc(C)cc(C2(N)CCC(C(F)(F)F)CC2)c1. The van der Waals surface area contributed by atoms with Crippen LogP contribution in [0, 0.1) is 19.8 Å². The van der Waals surface area contributed by atoms with Gasteiger partial charge in [0.25, 0.3) is 0 Å². The first-order valence-corrected chi connectivity index (χ1v) is 6.65. The number of nitrogens with two attached hydrogens (primary N) is 1. The zero-order chi connectivity index (χ0) is 14.3. The number of alkyl halides is 3. The van der Waals surface area contributed by atoms with Crippen molar-refractivity contribution in [3.8, 4) is 0 Å². The average molecular weight is 271 g/mol. The van der Waals surface area contributed by atoms with Gasteiger partial charge in [-0.05, 0) is 45.1 Å². The van der Waals surface area contributed by atoms with Gasteiger partial charge in [0.1, 0.15) is 0 Å². The summed E-state index contributed by atoms with van der Waals surface area (Å²) in [6.45, 7) is 3.97. The fourth-order valence-electron chi connectivity index (χ4n) is 3.01. The Morgan fingerprint density at radius 3 is 1.95 bits per heavy atom. The first kappa shape index (κ1) is 14.4. The standard InChI is InChI=1S/C15H20F3N/c1-10-7-11(2)9-13(8-10)14(19)5-3-12(4-6-14)15(16,17)18/h7-9,12H,3-6,19H2,1-2H3. The van der Waals surface area contributed by atoms with Crippen LogP contribution in [0.5, 0.6) is 0 Å². The largest absolute Gasteiger partial charge is 0.391 e. The maximum atomic E-state index is 12.7. The highest BCUT2D eigenvalue weighted by atomic mass is 19.4. The minimum Gasteiger partial charge on any atom is -0.321 e. The Hall–Kier alpha value is -1.03. The monoisotopic (exact) mass is 271 g/mol. The van der Waals surface area contributed by atoms with E-state index in [9.17, 15) is 13.2 Å². The molecule has 1 aromatic carbocycles. The summed E-state index contributed by atoms with van der Waals surface area (Å²) >= 11 is 0. The Morgan fingerprint density at radius 1 is 1.05 bits per heavy atom. The molecule has 0 radical (unpaired) electrons. The van der Waals surface area contributed by atoms with E-state index in [2.05, 4.69) is 0 Å². The smallest absolute Gasteiger partial charge is 0.321 e. The number of halogens is 3. The van der Waals surface area contributed by atoms with Gasteiger partial charge in [-0.25, -0.2) is 0 Å². The zero-order valence-corrected chi connectivity index (χ0v) is 11.3. The first-order chi connectivity index (χ1) is 8.71. The molecule has 1 aromatic rings. The number of hydrogen-bond donors (Lipinski definition) is 1. The van der Waals surface area contributed by atoms with Crippen molar-refractivity contribution in [2.45, 2.75) is 51.2 Å². The van der Waals surface area contributed by atoms with Crippen LogP contribution in [0.3, 0.4) is 0 Å². The second kappa shape index (κ2) is 4.82. The van der Waals surface area contributed by atoms with E-state index in [-0.39, 0.29) is 12.8 Å². The predicted octanol–water partition coefficient (Wildman–Crippen LogP) is 4.21. The molecule has 0 atom stereocenters. The topological polar surface area (TPSA) is 26.0 Å². The van der Waals surface area contributed by atoms with Crippen LogP contribution in [0.15, 0.2) is 18.2 Å². The molecule has 2 rings (SSSR count). The summed E-state index contributed by atoms with van der Waals surface area (Å²) < 4.78 is 38.0. The molecule has 0 amide bonds. The summed E-state index contributed by atoms with van der Waals surface area (Å²) in [7, 11) is 0. The van der Waals surface area contributed by atoms with Crippen LogP contribution in [0.25, 0.3) is 0 Å². The van der Waals surface area contributed by atoms with E-state index in [1.54, 1.807) is 0 Å². The highest BCUT2D eigenvalue weighted by molar-refractivity contribution is 5.33. The number of rotatable bonds is 1. The molecule has 0 heterocycles. The molecule has 106 valence electrons. The van der Waals surface area contributed by atoms with E-state index in [0.29, 0.717) is 12.8 Å². The van der Waals surface area contributed by atoms with Gasteiger partial charge in [0.15, 0.2) is 0 Å². The van der Waals surface area contributed by atoms with Crippen LogP contribution in [-0.2, 0) is 5.54 Å². The quantitative estimate of drug-likeness (QED) is 0.813. The third-order valence-corrected chi connectivity index (χ3v) is 4.14. The van der Waals surface area contributed by atoms with Crippen molar-refractivity contribution in [3.05, 3.63) is 34.9 Å². The van der Waals surface area contributed by atoms with Gasteiger partial charge in [0.05, 0.1) is 5.92 Å². The molecule has 0 unspecified atom stereocenters. The molecule has 1 aliphatic rings. The molecule has 0 spiro atoms. The van der Waals surface area contributed by atoms with E-state index >= 15 is 0 Å². The Balaban J connectivity index is 2.18. The number of benzene rings is 1. The van der Waals surface area contributed by atoms with E-state index in [4.69, 9.17) is 5.73 Å². The molecular weight excluding hydrogens is 251 g/mol. The van der Waals surface area contributed by atoms with E-state index in [1.165, 1.54) is 0 Å². The predicted molar refractivity (Wildman–Crippen MR) is 69.8 cm³/mol. The van der Waals surface area contributed by atoms with E-state index in [1.807, 2.05) is 32.0 Å². The lowest BCUT2D eigenvalue weighted by Gasteiger charge is -2.38. The zero-order valence-electron chi connectivity index (χ0n) is 11.3. The van der Waals surface area contributed by atoms with Gasteiger partial charge in [-0.2, -0.15) is 13.2 Å². The molecule has 4 heteroatoms. The summed E-state index contributed by atoms with van der Waals surface area (Å²) in [5.41, 5.74) is 8.95. The fourth-order valence-corrected chi connectivity index (χ4v) is 3.01. The lowest BCUT2D eigenvalue weighted by atomic mass is 9.72. The van der Waals surface area contributed by atoms with Crippen LogP contribution < -0.4 is 5.73 Å². The van der Waals surface area contributed by atoms with Crippen LogP contribution in [0.4, 0.5) is 13.2 Å². The summed E-state index contributed by atoms with van der Waals surface area (Å²) in [6, 6.07) is 6.05. The minimum atomic E-state index is -4.08. The second-order valence-corrected chi connectivity index (χ2v) is 5.85. The molecule has 19 heavy (non-hydrogen) atoms. The molecule has 2 N–H and O–H groups in total. The fraction of sp³-hybridized carbons (Fsp3) is 0.600. The van der Waals surface area contributed by atoms with Crippen molar-refractivity contribution < 1.29 is 13.2 Å². The molecule has 1 aliphatic carbocycles. The van der Waals surface area contributed by atoms with Crippen LogP contribution in [-0.4, -0.2) is 6.18 Å². The van der Waals surface area contributed by atoms with E-state index < -0.39 is 17.6 Å². The highest BCUT2D eigenvalue weighted by Crippen LogP contribution is 2.44. The van der Waals surface area contributed by atoms with Crippen molar-refractivity contribution in [3.63, 3.8) is 0 Å². The summed E-state index contributed by atoms with van der Waals surface area (Å²) in [6.07, 6.45) is -3.01. The summed E-state index contributed by atoms with van der Waals surface area (Å²) in [4.78, 5) is 0. The second-order valence-electron chi connectivity index (χ2n) is 5.85. The molecule has 0 saturated heterocycles. The van der Waals surface area contributed by atoms with Crippen LogP contribution in [0.1, 0.15) is 42.4 Å². The molecule has 1 saturated carbocycles. The van der Waals surface area contributed by atoms with Crippen molar-refractivity contribution in [2.24, 2.45) is 11.7 Å². The molecule has 0 bridgehead atoms. The van der Waals surface area contributed by atoms with Gasteiger partial charge in [-0.3, -0.25) is 0 Å². The van der Waals surface area contributed by atoms with Crippen molar-refractivity contribution in [1.82, 2.24) is 0 Å². The van der Waals surface area contributed by atoms with E-state index in [0.717, 1.165) is 16.7 Å². The minimum absolute atomic E-state index is 0.132. The Bertz CT molecular complexity index is 437. The lowest BCUT2D eigenvalue weighted by molar-refractivity contribution is -0.184. The molecular formula is C15H20F3N. The third kappa shape index (κ3) is 3.11. The summed E-state index contributed by atoms with van der Waals surface area (Å²) in [5.74, 6) is -1.19. The van der Waals surface area contributed by atoms with Gasteiger partial charge < -0.3 is 5.73 Å². The molecule has 1 nitrogen and oxygen atoms in total. The van der Waals surface area contributed by atoms with Gasteiger partial charge in [-0.1, -0.05) is 29.3 Å². The highest BCUT2D eigenvalue weighted by Gasteiger charge is 2.45. The number of hydrogen-bond acceptors (Lipinski definition) is 1. The average Bonchev–Trinajstić information content (AvgIpc) is 2.27. The number of aryl methyl sites for hydroxylation is 2. The Morgan fingerprint density at radius 2 is 1.53 bits per heavy atom. The van der Waals surface area contributed by atoms with Gasteiger partial charge in [-0.15, -0.1) is 0 Å². The lowest BCUT2D eigenvalue weighted by Crippen LogP contribution is -2.43. The van der Waals surface area contributed by atoms with Crippen molar-refractivity contribution in [2.75, 3.05) is 0 Å². The molecule has 0 aromatic heterocycles. The van der Waals surface area contributed by atoms with Crippen molar-refractivity contribution >= 4 is 0 Å². The van der Waals surface area contributed by atoms with Crippen LogP contribution >= 0.6 is 0 Å². The summed E-state index contributed by atoms with van der Waals surface area (Å²) in [5, 5.41) is 0. The normalized spacial score (nSPS) is 28.4. The Kier molecular flexibility index (Phi) is 3.65. The molecule has 1 fully saturated rings. The van der Waals surface area contributed by atoms with Crippen molar-refractivity contribution in [1.29, 1.82) is 0 Å².